The molecule has 2 atom stereocenters. The van der Waals surface area contributed by atoms with Gasteiger partial charge in [-0.1, -0.05) is 121 Å². The molecule has 1 nitrogen and oxygen atoms in total. The summed E-state index contributed by atoms with van der Waals surface area (Å²) in [7, 11) is -0.648. The molecule has 4 aromatic rings. The molecule has 180 valence electrons. The van der Waals surface area contributed by atoms with Crippen LogP contribution < -0.4 is 26.5 Å². The molecule has 0 amide bonds. The highest BCUT2D eigenvalue weighted by molar-refractivity contribution is 7.73. The molecule has 3 heteroatoms. The Morgan fingerprint density at radius 3 is 0.971 bits per heavy atom. The van der Waals surface area contributed by atoms with Gasteiger partial charge in [-0.05, 0) is 76.1 Å². The summed E-state index contributed by atoms with van der Waals surface area (Å²) < 4.78 is 0. The first kappa shape index (κ1) is 25.8. The monoisotopic (exact) mass is 497 g/mol. The van der Waals surface area contributed by atoms with Crippen LogP contribution in [0.5, 0.6) is 0 Å². The molecule has 0 heterocycles. The summed E-state index contributed by atoms with van der Waals surface area (Å²) in [5, 5.41) is 9.83. The number of benzene rings is 4. The van der Waals surface area contributed by atoms with Crippen LogP contribution in [0.25, 0.3) is 0 Å². The molecule has 0 aliphatic heterocycles. The molecule has 35 heavy (non-hydrogen) atoms. The van der Waals surface area contributed by atoms with E-state index in [1.807, 2.05) is 0 Å². The number of nitrogens with one attached hydrogen (secondary N) is 1. The average Bonchev–Trinajstić information content (AvgIpc) is 2.91. The van der Waals surface area contributed by atoms with E-state index in [9.17, 15) is 0 Å². The minimum absolute atomic E-state index is 0.324. The minimum atomic E-state index is -0.324. The van der Waals surface area contributed by atoms with Crippen molar-refractivity contribution in [3.63, 3.8) is 0 Å². The third-order valence-corrected chi connectivity index (χ3v) is 11.5. The van der Waals surface area contributed by atoms with Crippen LogP contribution >= 0.6 is 15.8 Å². The van der Waals surface area contributed by atoms with Gasteiger partial charge in [-0.3, -0.25) is 0 Å². The molecule has 0 aliphatic rings. The maximum Gasteiger partial charge on any atom is 0.00447 e. The molecule has 0 aliphatic carbocycles. The second-order valence-corrected chi connectivity index (χ2v) is 13.9. The zero-order valence-electron chi connectivity index (χ0n) is 20.9. The Labute approximate surface area is 214 Å². The topological polar surface area (TPSA) is 12.0 Å². The molecule has 4 rings (SSSR count). The van der Waals surface area contributed by atoms with Crippen LogP contribution in [0, 0.1) is 0 Å². The van der Waals surface area contributed by atoms with Gasteiger partial charge in [-0.2, -0.15) is 0 Å². The molecule has 0 bridgehead atoms. The Balaban J connectivity index is 1.34. The third kappa shape index (κ3) is 7.85. The second kappa shape index (κ2) is 13.7. The van der Waals surface area contributed by atoms with Crippen LogP contribution in [0.2, 0.25) is 0 Å². The van der Waals surface area contributed by atoms with E-state index in [1.165, 1.54) is 46.4 Å². The maximum absolute atomic E-state index is 3.92. The van der Waals surface area contributed by atoms with Crippen LogP contribution in [-0.2, 0) is 0 Å². The van der Waals surface area contributed by atoms with Crippen molar-refractivity contribution in [3.8, 4) is 0 Å². The normalized spacial score (nSPS) is 13.1. The molecule has 0 radical (unpaired) electrons. The number of hydrogen-bond donors (Lipinski definition) is 1. The zero-order chi connectivity index (χ0) is 24.3. The standard InChI is InChI=1S/C32H37NP2/c1-27(23-25-34(29-15-7-3-8-16-29)30-17-9-4-10-18-30)33-28(2)24-26-35(31-19-11-5-12-20-31)32-21-13-6-14-22-32/h3-22,27-28,33H,23-26H2,1-2H3. The summed E-state index contributed by atoms with van der Waals surface area (Å²) in [6, 6.07) is 45.3. The average molecular weight is 498 g/mol. The number of hydrogen-bond acceptors (Lipinski definition) is 1. The first-order valence-electron chi connectivity index (χ1n) is 12.7. The lowest BCUT2D eigenvalue weighted by atomic mass is 10.2. The van der Waals surface area contributed by atoms with Gasteiger partial charge in [0.05, 0.1) is 0 Å². The van der Waals surface area contributed by atoms with E-state index in [4.69, 9.17) is 0 Å². The molecule has 0 fully saturated rings. The van der Waals surface area contributed by atoms with Gasteiger partial charge in [-0.15, -0.1) is 0 Å². The van der Waals surface area contributed by atoms with Crippen LogP contribution in [-0.4, -0.2) is 24.4 Å². The lowest BCUT2D eigenvalue weighted by molar-refractivity contribution is 0.452. The van der Waals surface area contributed by atoms with Crippen molar-refractivity contribution in [2.24, 2.45) is 0 Å². The summed E-state index contributed by atoms with van der Waals surface area (Å²) >= 11 is 0. The zero-order valence-corrected chi connectivity index (χ0v) is 22.7. The van der Waals surface area contributed by atoms with Crippen molar-refractivity contribution in [3.05, 3.63) is 121 Å². The van der Waals surface area contributed by atoms with Crippen molar-refractivity contribution < 1.29 is 0 Å². The minimum Gasteiger partial charge on any atom is -0.312 e. The van der Waals surface area contributed by atoms with Gasteiger partial charge in [0.15, 0.2) is 0 Å². The lowest BCUT2D eigenvalue weighted by Crippen LogP contribution is -2.36. The van der Waals surface area contributed by atoms with Crippen LogP contribution in [0.1, 0.15) is 26.7 Å². The SMILES string of the molecule is CC(CCP(c1ccccc1)c1ccccc1)NC(C)CCP(c1ccccc1)c1ccccc1. The summed E-state index contributed by atoms with van der Waals surface area (Å²) in [5.74, 6) is 0. The molecule has 0 saturated heterocycles. The van der Waals surface area contributed by atoms with Gasteiger partial charge in [0.2, 0.25) is 0 Å². The summed E-state index contributed by atoms with van der Waals surface area (Å²) in [6.07, 6.45) is 4.80. The predicted octanol–water partition coefficient (Wildman–Crippen LogP) is 6.40. The van der Waals surface area contributed by atoms with Crippen LogP contribution in [0.4, 0.5) is 0 Å². The van der Waals surface area contributed by atoms with Gasteiger partial charge in [0.25, 0.3) is 0 Å². The molecule has 0 spiro atoms. The lowest BCUT2D eigenvalue weighted by Gasteiger charge is -2.25. The van der Waals surface area contributed by atoms with Crippen molar-refractivity contribution in [1.82, 2.24) is 5.32 Å². The Hall–Kier alpha value is -2.30. The van der Waals surface area contributed by atoms with Gasteiger partial charge in [0.1, 0.15) is 0 Å². The Morgan fingerprint density at radius 1 is 0.457 bits per heavy atom. The molecule has 0 aromatic heterocycles. The highest BCUT2D eigenvalue weighted by atomic mass is 31.1. The first-order chi connectivity index (χ1) is 17.2. The van der Waals surface area contributed by atoms with Crippen LogP contribution in [0.15, 0.2) is 121 Å². The largest absolute Gasteiger partial charge is 0.312 e. The Bertz CT molecular complexity index is 933. The summed E-state index contributed by atoms with van der Waals surface area (Å²) in [6.45, 7) is 4.72. The molecule has 1 N–H and O–H groups in total. The van der Waals surface area contributed by atoms with E-state index in [1.54, 1.807) is 0 Å². The second-order valence-electron chi connectivity index (χ2n) is 9.19. The molecular formula is C32H37NP2. The van der Waals surface area contributed by atoms with Crippen molar-refractivity contribution in [2.45, 2.75) is 38.8 Å². The first-order valence-corrected chi connectivity index (χ1v) is 15.8. The Morgan fingerprint density at radius 2 is 0.714 bits per heavy atom. The van der Waals surface area contributed by atoms with Gasteiger partial charge >= 0.3 is 0 Å². The predicted molar refractivity (Wildman–Crippen MR) is 159 cm³/mol. The van der Waals surface area contributed by atoms with E-state index in [0.29, 0.717) is 12.1 Å². The molecule has 2 unspecified atom stereocenters. The Kier molecular flexibility index (Phi) is 10.1. The third-order valence-electron chi connectivity index (χ3n) is 6.41. The van der Waals surface area contributed by atoms with Crippen molar-refractivity contribution in [2.75, 3.05) is 12.3 Å². The van der Waals surface area contributed by atoms with Gasteiger partial charge in [0, 0.05) is 12.1 Å². The smallest absolute Gasteiger partial charge is 0.00447 e. The quantitative estimate of drug-likeness (QED) is 0.223. The fourth-order valence-electron chi connectivity index (χ4n) is 4.54. The fourth-order valence-corrected chi connectivity index (χ4v) is 9.59. The van der Waals surface area contributed by atoms with E-state index < -0.39 is 0 Å². The highest BCUT2D eigenvalue weighted by Gasteiger charge is 2.18. The molecule has 0 saturated carbocycles. The fraction of sp³-hybridized carbons (Fsp3) is 0.250. The van der Waals surface area contributed by atoms with E-state index in [2.05, 4.69) is 140 Å². The van der Waals surface area contributed by atoms with Crippen LogP contribution in [0.3, 0.4) is 0 Å². The maximum atomic E-state index is 3.92. The van der Waals surface area contributed by atoms with Crippen molar-refractivity contribution >= 4 is 37.1 Å². The van der Waals surface area contributed by atoms with Gasteiger partial charge < -0.3 is 5.32 Å². The summed E-state index contributed by atoms with van der Waals surface area (Å²) in [4.78, 5) is 0. The number of rotatable bonds is 12. The van der Waals surface area contributed by atoms with E-state index in [0.717, 1.165) is 0 Å². The van der Waals surface area contributed by atoms with E-state index in [-0.39, 0.29) is 15.8 Å². The van der Waals surface area contributed by atoms with Crippen molar-refractivity contribution in [1.29, 1.82) is 0 Å². The molecule has 4 aromatic carbocycles. The molecular weight excluding hydrogens is 460 g/mol. The van der Waals surface area contributed by atoms with E-state index >= 15 is 0 Å². The summed E-state index contributed by atoms with van der Waals surface area (Å²) in [5.41, 5.74) is 0. The highest BCUT2D eigenvalue weighted by Crippen LogP contribution is 2.36. The van der Waals surface area contributed by atoms with Gasteiger partial charge in [-0.25, -0.2) is 0 Å².